The molecule has 1 saturated heterocycles. The van der Waals surface area contributed by atoms with Crippen LogP contribution in [-0.4, -0.2) is 38.4 Å². The van der Waals surface area contributed by atoms with Crippen LogP contribution in [0.15, 0.2) is 41.3 Å². The summed E-state index contributed by atoms with van der Waals surface area (Å²) in [6.07, 6.45) is -2.11. The molecule has 3 heterocycles. The van der Waals surface area contributed by atoms with Gasteiger partial charge in [-0.05, 0) is 30.2 Å². The number of aromatic amines is 1. The third-order valence-corrected chi connectivity index (χ3v) is 4.65. The van der Waals surface area contributed by atoms with Gasteiger partial charge in [-0.15, -0.1) is 0 Å². The highest BCUT2D eigenvalue weighted by Gasteiger charge is 2.30. The summed E-state index contributed by atoms with van der Waals surface area (Å²) in [7, 11) is 0. The molecule has 0 spiro atoms. The van der Waals surface area contributed by atoms with Gasteiger partial charge in [-0.2, -0.15) is 13.2 Å². The molecule has 3 aromatic rings. The van der Waals surface area contributed by atoms with Crippen LogP contribution in [0.2, 0.25) is 0 Å². The van der Waals surface area contributed by atoms with Crippen LogP contribution < -0.4 is 5.69 Å². The number of aromatic nitrogens is 3. The Morgan fingerprint density at radius 2 is 1.96 bits per heavy atom. The predicted octanol–water partition coefficient (Wildman–Crippen LogP) is 2.64. The lowest BCUT2D eigenvalue weighted by Crippen LogP contribution is -2.44. The molecule has 1 aliphatic heterocycles. The second-order valence-corrected chi connectivity index (χ2v) is 6.42. The van der Waals surface area contributed by atoms with E-state index in [4.69, 9.17) is 0 Å². The van der Waals surface area contributed by atoms with Crippen molar-refractivity contribution in [2.45, 2.75) is 19.1 Å². The van der Waals surface area contributed by atoms with Gasteiger partial charge in [0.1, 0.15) is 6.54 Å². The molecule has 1 aromatic carbocycles. The number of fused-ring (bicyclic) bond motifs is 1. The second kappa shape index (κ2) is 6.26. The molecule has 1 amide bonds. The van der Waals surface area contributed by atoms with E-state index in [1.165, 1.54) is 16.8 Å². The number of alkyl halides is 3. The molecule has 2 aromatic heterocycles. The molecule has 0 aliphatic carbocycles. The zero-order valence-corrected chi connectivity index (χ0v) is 14.1. The van der Waals surface area contributed by atoms with Crippen LogP contribution >= 0.6 is 0 Å². The summed E-state index contributed by atoms with van der Waals surface area (Å²) in [6, 6.07) is 6.45. The summed E-state index contributed by atoms with van der Waals surface area (Å²) in [6.45, 7) is 1.21. The quantitative estimate of drug-likeness (QED) is 0.764. The number of carbonyl (C=O) groups excluding carboxylic acids is 1. The molecule has 1 aliphatic rings. The molecule has 6 nitrogen and oxygen atoms in total. The Morgan fingerprint density at radius 3 is 2.63 bits per heavy atom. The van der Waals surface area contributed by atoms with Crippen molar-refractivity contribution in [1.82, 2.24) is 19.4 Å². The second-order valence-electron chi connectivity index (χ2n) is 6.42. The lowest BCUT2D eigenvalue weighted by molar-refractivity contribution is -0.137. The molecule has 0 bridgehead atoms. The van der Waals surface area contributed by atoms with Crippen LogP contribution in [0.4, 0.5) is 13.2 Å². The molecule has 1 N–H and O–H groups in total. The first-order valence-electron chi connectivity index (χ1n) is 8.37. The number of amides is 1. The SMILES string of the molecule is O=C(Cn1c(=O)[nH]c2ncc(-c3cccc(C(F)(F)F)c3)cc21)N1CCC1. The molecule has 0 atom stereocenters. The minimum absolute atomic E-state index is 0.132. The molecule has 9 heteroatoms. The van der Waals surface area contributed by atoms with Crippen molar-refractivity contribution < 1.29 is 18.0 Å². The number of halogens is 3. The van der Waals surface area contributed by atoms with E-state index >= 15 is 0 Å². The van der Waals surface area contributed by atoms with E-state index < -0.39 is 17.4 Å². The minimum atomic E-state index is -4.45. The summed E-state index contributed by atoms with van der Waals surface area (Å²) in [5.74, 6) is -0.172. The van der Waals surface area contributed by atoms with Crippen molar-refractivity contribution in [3.8, 4) is 11.1 Å². The molecular formula is C18H15F3N4O2. The first-order valence-corrected chi connectivity index (χ1v) is 8.37. The molecule has 4 rings (SSSR count). The van der Waals surface area contributed by atoms with E-state index in [0.717, 1.165) is 18.6 Å². The number of imidazole rings is 1. The molecule has 140 valence electrons. The number of benzene rings is 1. The van der Waals surface area contributed by atoms with E-state index in [9.17, 15) is 22.8 Å². The lowest BCUT2D eigenvalue weighted by atomic mass is 10.0. The molecular weight excluding hydrogens is 361 g/mol. The van der Waals surface area contributed by atoms with Crippen LogP contribution in [-0.2, 0) is 17.5 Å². The highest BCUT2D eigenvalue weighted by atomic mass is 19.4. The largest absolute Gasteiger partial charge is 0.416 e. The van der Waals surface area contributed by atoms with Crippen LogP contribution in [0, 0.1) is 0 Å². The summed E-state index contributed by atoms with van der Waals surface area (Å²) in [5, 5.41) is 0. The maximum atomic E-state index is 13.0. The Balaban J connectivity index is 1.74. The van der Waals surface area contributed by atoms with Gasteiger partial charge in [0.25, 0.3) is 0 Å². The summed E-state index contributed by atoms with van der Waals surface area (Å²) in [4.78, 5) is 32.7. The highest BCUT2D eigenvalue weighted by Crippen LogP contribution is 2.32. The van der Waals surface area contributed by atoms with E-state index in [1.807, 2.05) is 0 Å². The van der Waals surface area contributed by atoms with E-state index in [0.29, 0.717) is 29.7 Å². The van der Waals surface area contributed by atoms with Crippen molar-refractivity contribution in [3.05, 3.63) is 52.6 Å². The number of nitrogens with one attached hydrogen (secondary N) is 1. The first-order chi connectivity index (χ1) is 12.8. The zero-order valence-electron chi connectivity index (χ0n) is 14.1. The Bertz CT molecular complexity index is 1080. The number of H-pyrrole nitrogens is 1. The molecule has 0 radical (unpaired) electrons. The third-order valence-electron chi connectivity index (χ3n) is 4.65. The number of pyridine rings is 1. The number of hydrogen-bond donors (Lipinski definition) is 1. The Labute approximate surface area is 151 Å². The maximum absolute atomic E-state index is 13.0. The normalized spacial score (nSPS) is 14.4. The van der Waals surface area contributed by atoms with Gasteiger partial charge in [0.05, 0.1) is 11.1 Å². The van der Waals surface area contributed by atoms with Gasteiger partial charge in [-0.1, -0.05) is 12.1 Å². The van der Waals surface area contributed by atoms with Gasteiger partial charge >= 0.3 is 11.9 Å². The number of likely N-dealkylation sites (tertiary alicyclic amines) is 1. The Hall–Kier alpha value is -3.10. The molecule has 27 heavy (non-hydrogen) atoms. The van der Waals surface area contributed by atoms with E-state index in [2.05, 4.69) is 9.97 Å². The topological polar surface area (TPSA) is 71.0 Å². The monoisotopic (exact) mass is 376 g/mol. The van der Waals surface area contributed by atoms with Crippen molar-refractivity contribution in [3.63, 3.8) is 0 Å². The minimum Gasteiger partial charge on any atom is -0.341 e. The smallest absolute Gasteiger partial charge is 0.341 e. The average molecular weight is 376 g/mol. The summed E-state index contributed by atoms with van der Waals surface area (Å²) >= 11 is 0. The number of nitrogens with zero attached hydrogens (tertiary/aromatic N) is 3. The Kier molecular flexibility index (Phi) is 4.01. The highest BCUT2D eigenvalue weighted by molar-refractivity contribution is 5.82. The van der Waals surface area contributed by atoms with Crippen LogP contribution in [0.3, 0.4) is 0 Å². The fraction of sp³-hybridized carbons (Fsp3) is 0.278. The molecule has 0 unspecified atom stereocenters. The van der Waals surface area contributed by atoms with E-state index in [-0.39, 0.29) is 18.1 Å². The van der Waals surface area contributed by atoms with Gasteiger partial charge < -0.3 is 4.90 Å². The van der Waals surface area contributed by atoms with Crippen molar-refractivity contribution in [2.75, 3.05) is 13.1 Å². The number of hydrogen-bond acceptors (Lipinski definition) is 3. The molecule has 1 fully saturated rings. The maximum Gasteiger partial charge on any atom is 0.416 e. The number of rotatable bonds is 3. The summed E-state index contributed by atoms with van der Waals surface area (Å²) in [5.41, 5.74) is 0.175. The van der Waals surface area contributed by atoms with Gasteiger partial charge in [-0.3, -0.25) is 14.3 Å². The van der Waals surface area contributed by atoms with Gasteiger partial charge in [-0.25, -0.2) is 9.78 Å². The van der Waals surface area contributed by atoms with Crippen molar-refractivity contribution >= 4 is 17.1 Å². The third kappa shape index (κ3) is 3.20. The van der Waals surface area contributed by atoms with Crippen molar-refractivity contribution in [2.24, 2.45) is 0 Å². The number of carbonyl (C=O) groups is 1. The average Bonchev–Trinajstić information content (AvgIpc) is 2.87. The Morgan fingerprint density at radius 1 is 1.19 bits per heavy atom. The van der Waals surface area contributed by atoms with E-state index in [1.54, 1.807) is 17.0 Å². The van der Waals surface area contributed by atoms with Gasteiger partial charge in [0.15, 0.2) is 5.65 Å². The van der Waals surface area contributed by atoms with Crippen LogP contribution in [0.1, 0.15) is 12.0 Å². The van der Waals surface area contributed by atoms with Crippen LogP contribution in [0.5, 0.6) is 0 Å². The first kappa shape index (κ1) is 17.3. The summed E-state index contributed by atoms with van der Waals surface area (Å²) < 4.78 is 40.1. The van der Waals surface area contributed by atoms with Gasteiger partial charge in [0, 0.05) is 24.8 Å². The molecule has 0 saturated carbocycles. The standard InChI is InChI=1S/C18H15F3N4O2/c19-18(20,21)13-4-1-3-11(7-13)12-8-14-16(22-9-12)23-17(27)25(14)10-15(26)24-5-2-6-24/h1,3-4,7-9H,2,5-6,10H2,(H,22,23,27). The fourth-order valence-electron chi connectivity index (χ4n) is 3.02. The fourth-order valence-corrected chi connectivity index (χ4v) is 3.02. The van der Waals surface area contributed by atoms with Crippen LogP contribution in [0.25, 0.3) is 22.3 Å². The van der Waals surface area contributed by atoms with Gasteiger partial charge in [0.2, 0.25) is 5.91 Å². The predicted molar refractivity (Wildman–Crippen MR) is 92.0 cm³/mol. The zero-order chi connectivity index (χ0) is 19.2. The van der Waals surface area contributed by atoms with Crippen molar-refractivity contribution in [1.29, 1.82) is 0 Å². The lowest BCUT2D eigenvalue weighted by Gasteiger charge is -2.30.